The Bertz CT molecular complexity index is 955. The van der Waals surface area contributed by atoms with Crippen molar-refractivity contribution in [2.45, 2.75) is 6.92 Å². The van der Waals surface area contributed by atoms with Gasteiger partial charge in [-0.25, -0.2) is 9.97 Å². The first kappa shape index (κ1) is 17.3. The summed E-state index contributed by atoms with van der Waals surface area (Å²) in [5.41, 5.74) is 1.00. The lowest BCUT2D eigenvalue weighted by Gasteiger charge is -2.09. The Balaban J connectivity index is 1.58. The minimum absolute atomic E-state index is 0.0429. The van der Waals surface area contributed by atoms with Crippen molar-refractivity contribution in [1.29, 1.82) is 0 Å². The summed E-state index contributed by atoms with van der Waals surface area (Å²) in [6, 6.07) is 9.09. The summed E-state index contributed by atoms with van der Waals surface area (Å²) in [7, 11) is 0. The first-order valence-electron chi connectivity index (χ1n) is 8.09. The fourth-order valence-electron chi connectivity index (χ4n) is 2.31. The van der Waals surface area contributed by atoms with Crippen LogP contribution >= 0.6 is 0 Å². The third-order valence-electron chi connectivity index (χ3n) is 3.66. The number of pyridine rings is 2. The van der Waals surface area contributed by atoms with Crippen molar-refractivity contribution in [1.82, 2.24) is 25.3 Å². The van der Waals surface area contributed by atoms with Gasteiger partial charge >= 0.3 is 0 Å². The highest BCUT2D eigenvalue weighted by molar-refractivity contribution is 5.93. The molecule has 3 heterocycles. The SMILES string of the molecule is Cc1cccnc1NCCNC(=O)c1cnc(-c2ccccn2)[nH]c1=O. The van der Waals surface area contributed by atoms with Crippen molar-refractivity contribution in [3.05, 3.63) is 70.4 Å². The van der Waals surface area contributed by atoms with Crippen LogP contribution in [0, 0.1) is 6.92 Å². The van der Waals surface area contributed by atoms with Gasteiger partial charge < -0.3 is 15.6 Å². The number of nitrogens with one attached hydrogen (secondary N) is 3. The van der Waals surface area contributed by atoms with Crippen molar-refractivity contribution in [2.24, 2.45) is 0 Å². The fourth-order valence-corrected chi connectivity index (χ4v) is 2.31. The molecule has 0 aliphatic heterocycles. The van der Waals surface area contributed by atoms with Crippen LogP contribution in [0.3, 0.4) is 0 Å². The van der Waals surface area contributed by atoms with Crippen molar-refractivity contribution in [3.63, 3.8) is 0 Å². The molecule has 0 bridgehead atoms. The zero-order valence-electron chi connectivity index (χ0n) is 14.2. The molecule has 0 spiro atoms. The molecular weight excluding hydrogens is 332 g/mol. The van der Waals surface area contributed by atoms with Crippen LogP contribution in [0.2, 0.25) is 0 Å². The molecule has 0 saturated carbocycles. The molecule has 0 unspecified atom stereocenters. The number of H-pyrrole nitrogens is 1. The minimum Gasteiger partial charge on any atom is -0.368 e. The third kappa shape index (κ3) is 4.10. The maximum atomic E-state index is 12.2. The smallest absolute Gasteiger partial charge is 0.264 e. The van der Waals surface area contributed by atoms with E-state index in [0.29, 0.717) is 24.6 Å². The Morgan fingerprint density at radius 2 is 1.92 bits per heavy atom. The third-order valence-corrected chi connectivity index (χ3v) is 3.66. The molecule has 0 aliphatic rings. The summed E-state index contributed by atoms with van der Waals surface area (Å²) in [5, 5.41) is 5.81. The number of anilines is 1. The number of carbonyl (C=O) groups is 1. The molecule has 132 valence electrons. The van der Waals surface area contributed by atoms with E-state index in [1.54, 1.807) is 30.6 Å². The minimum atomic E-state index is -0.508. The van der Waals surface area contributed by atoms with E-state index >= 15 is 0 Å². The van der Waals surface area contributed by atoms with Gasteiger partial charge in [0.25, 0.3) is 11.5 Å². The van der Waals surface area contributed by atoms with Crippen molar-refractivity contribution < 1.29 is 4.79 Å². The Morgan fingerprint density at radius 3 is 2.65 bits per heavy atom. The molecule has 26 heavy (non-hydrogen) atoms. The largest absolute Gasteiger partial charge is 0.368 e. The van der Waals surface area contributed by atoms with Crippen molar-refractivity contribution in [3.8, 4) is 11.5 Å². The summed E-state index contributed by atoms with van der Waals surface area (Å²) in [6.45, 7) is 2.78. The molecule has 0 aliphatic carbocycles. The van der Waals surface area contributed by atoms with Crippen LogP contribution in [0.1, 0.15) is 15.9 Å². The zero-order valence-corrected chi connectivity index (χ0v) is 14.2. The highest BCUT2D eigenvalue weighted by atomic mass is 16.2. The van der Waals surface area contributed by atoms with Crippen molar-refractivity contribution in [2.75, 3.05) is 18.4 Å². The molecule has 0 fully saturated rings. The van der Waals surface area contributed by atoms with Gasteiger partial charge in [0.1, 0.15) is 17.1 Å². The second-order valence-corrected chi connectivity index (χ2v) is 5.54. The van der Waals surface area contributed by atoms with Crippen LogP contribution in [-0.2, 0) is 0 Å². The number of amides is 1. The van der Waals surface area contributed by atoms with Crippen LogP contribution in [0.25, 0.3) is 11.5 Å². The number of aromatic nitrogens is 4. The number of hydrogen-bond acceptors (Lipinski definition) is 6. The number of aromatic amines is 1. The summed E-state index contributed by atoms with van der Waals surface area (Å²) in [6.07, 6.45) is 4.56. The Morgan fingerprint density at radius 1 is 1.08 bits per heavy atom. The fraction of sp³-hybridized carbons (Fsp3) is 0.167. The maximum Gasteiger partial charge on any atom is 0.264 e. The lowest BCUT2D eigenvalue weighted by Crippen LogP contribution is -2.33. The average Bonchev–Trinajstić information content (AvgIpc) is 2.67. The van der Waals surface area contributed by atoms with Crippen LogP contribution in [-0.4, -0.2) is 38.9 Å². The topological polar surface area (TPSA) is 113 Å². The van der Waals surface area contributed by atoms with E-state index in [2.05, 4.69) is 30.6 Å². The Kier molecular flexibility index (Phi) is 5.33. The molecule has 8 nitrogen and oxygen atoms in total. The zero-order chi connectivity index (χ0) is 18.4. The van der Waals surface area contributed by atoms with E-state index in [0.717, 1.165) is 11.4 Å². The Labute approximate surface area is 149 Å². The number of rotatable bonds is 6. The maximum absolute atomic E-state index is 12.2. The van der Waals surface area contributed by atoms with E-state index in [1.165, 1.54) is 6.20 Å². The highest BCUT2D eigenvalue weighted by Crippen LogP contribution is 2.09. The van der Waals surface area contributed by atoms with Crippen LogP contribution in [0.4, 0.5) is 5.82 Å². The second kappa shape index (κ2) is 8.02. The molecule has 0 aromatic carbocycles. The second-order valence-electron chi connectivity index (χ2n) is 5.54. The summed E-state index contributed by atoms with van der Waals surface area (Å²) in [4.78, 5) is 39.3. The van der Waals surface area contributed by atoms with Crippen LogP contribution in [0.15, 0.2) is 53.7 Å². The number of carbonyl (C=O) groups excluding carboxylic acids is 1. The van der Waals surface area contributed by atoms with Crippen LogP contribution < -0.4 is 16.2 Å². The summed E-state index contributed by atoms with van der Waals surface area (Å²) < 4.78 is 0. The monoisotopic (exact) mass is 350 g/mol. The molecule has 0 saturated heterocycles. The first-order valence-corrected chi connectivity index (χ1v) is 8.09. The standard InChI is InChI=1S/C18H18N6O2/c1-12-5-4-8-20-15(12)21-9-10-22-17(25)13-11-23-16(24-18(13)26)14-6-2-3-7-19-14/h2-8,11H,9-10H2,1H3,(H,20,21)(H,22,25)(H,23,24,26). The number of aryl methyl sites for hydroxylation is 1. The van der Waals surface area contributed by atoms with Gasteiger partial charge in [-0.05, 0) is 30.7 Å². The van der Waals surface area contributed by atoms with E-state index in [1.807, 2.05) is 19.1 Å². The van der Waals surface area contributed by atoms with Gasteiger partial charge in [0, 0.05) is 31.7 Å². The van der Waals surface area contributed by atoms with Gasteiger partial charge in [-0.1, -0.05) is 12.1 Å². The molecule has 0 atom stereocenters. The van der Waals surface area contributed by atoms with Gasteiger partial charge in [0.15, 0.2) is 5.82 Å². The predicted molar refractivity (Wildman–Crippen MR) is 97.9 cm³/mol. The summed E-state index contributed by atoms with van der Waals surface area (Å²) in [5.74, 6) is 0.603. The van der Waals surface area contributed by atoms with Crippen LogP contribution in [0.5, 0.6) is 0 Å². The van der Waals surface area contributed by atoms with E-state index in [-0.39, 0.29) is 5.56 Å². The van der Waals surface area contributed by atoms with Gasteiger partial charge in [0.2, 0.25) is 0 Å². The molecule has 1 amide bonds. The van der Waals surface area contributed by atoms with E-state index < -0.39 is 11.5 Å². The number of nitrogens with zero attached hydrogens (tertiary/aromatic N) is 3. The summed E-state index contributed by atoms with van der Waals surface area (Å²) >= 11 is 0. The average molecular weight is 350 g/mol. The lowest BCUT2D eigenvalue weighted by molar-refractivity contribution is 0.0953. The van der Waals surface area contributed by atoms with E-state index in [4.69, 9.17) is 0 Å². The first-order chi connectivity index (χ1) is 12.6. The highest BCUT2D eigenvalue weighted by Gasteiger charge is 2.12. The normalized spacial score (nSPS) is 10.3. The molecule has 3 rings (SSSR count). The lowest BCUT2D eigenvalue weighted by atomic mass is 10.3. The molecular formula is C18H18N6O2. The Hall–Kier alpha value is -3.55. The van der Waals surface area contributed by atoms with Gasteiger partial charge in [-0.3, -0.25) is 14.6 Å². The number of hydrogen-bond donors (Lipinski definition) is 3. The van der Waals surface area contributed by atoms with Gasteiger partial charge in [-0.15, -0.1) is 0 Å². The molecule has 3 aromatic heterocycles. The molecule has 8 heteroatoms. The molecule has 3 aromatic rings. The predicted octanol–water partition coefficient (Wildman–Crippen LogP) is 1.38. The molecule has 0 radical (unpaired) electrons. The van der Waals surface area contributed by atoms with Gasteiger partial charge in [0.05, 0.1) is 0 Å². The van der Waals surface area contributed by atoms with Crippen molar-refractivity contribution >= 4 is 11.7 Å². The quantitative estimate of drug-likeness (QED) is 0.579. The van der Waals surface area contributed by atoms with Gasteiger partial charge in [-0.2, -0.15) is 0 Å². The van der Waals surface area contributed by atoms with E-state index in [9.17, 15) is 9.59 Å². The molecule has 3 N–H and O–H groups in total.